The molecule has 2 aliphatic heterocycles. The minimum absolute atomic E-state index is 0.0536. The van der Waals surface area contributed by atoms with Gasteiger partial charge < -0.3 is 24.3 Å². The molecule has 0 radical (unpaired) electrons. The van der Waals surface area contributed by atoms with E-state index < -0.39 is 0 Å². The first-order valence-electron chi connectivity index (χ1n) is 8.83. The third-order valence-corrected chi connectivity index (χ3v) is 5.40. The summed E-state index contributed by atoms with van der Waals surface area (Å²) in [5, 5.41) is 0. The van der Waals surface area contributed by atoms with E-state index in [4.69, 9.17) is 9.47 Å². The van der Waals surface area contributed by atoms with Crippen molar-refractivity contribution in [2.24, 2.45) is 0 Å². The van der Waals surface area contributed by atoms with Crippen molar-refractivity contribution in [1.82, 2.24) is 4.98 Å². The van der Waals surface area contributed by atoms with Gasteiger partial charge in [-0.2, -0.15) is 0 Å². The fourth-order valence-electron chi connectivity index (χ4n) is 3.86. The Kier molecular flexibility index (Phi) is 4.88. The Morgan fingerprint density at radius 2 is 2.08 bits per heavy atom. The topological polar surface area (TPSA) is 57.8 Å². The molecule has 1 unspecified atom stereocenters. The number of nitrogens with zero attached hydrogens (tertiary/aromatic N) is 2. The van der Waals surface area contributed by atoms with E-state index in [0.717, 1.165) is 37.4 Å². The molecule has 6 heteroatoms. The molecular formula is C18H29N3O3. The molecule has 1 aromatic heterocycles. The molecule has 0 bridgehead atoms. The molecule has 3 rings (SSSR count). The van der Waals surface area contributed by atoms with Gasteiger partial charge in [-0.1, -0.05) is 0 Å². The minimum atomic E-state index is -0.254. The van der Waals surface area contributed by atoms with E-state index in [1.807, 2.05) is 0 Å². The van der Waals surface area contributed by atoms with Crippen molar-refractivity contribution >= 4 is 11.5 Å². The van der Waals surface area contributed by atoms with E-state index in [9.17, 15) is 4.79 Å². The lowest BCUT2D eigenvalue weighted by Crippen LogP contribution is -2.48. The normalized spacial score (nSPS) is 25.3. The molecule has 0 amide bonds. The van der Waals surface area contributed by atoms with Crippen molar-refractivity contribution in [1.29, 1.82) is 0 Å². The second-order valence-corrected chi connectivity index (χ2v) is 7.36. The number of hydrogen-bond acceptors (Lipinski definition) is 5. The van der Waals surface area contributed by atoms with Crippen molar-refractivity contribution in [3.63, 3.8) is 0 Å². The number of pyridine rings is 1. The van der Waals surface area contributed by atoms with E-state index in [1.165, 1.54) is 0 Å². The summed E-state index contributed by atoms with van der Waals surface area (Å²) < 4.78 is 11.2. The number of nitrogens with one attached hydrogen (secondary N) is 1. The van der Waals surface area contributed by atoms with E-state index in [0.29, 0.717) is 13.2 Å². The number of morpholine rings is 1. The summed E-state index contributed by atoms with van der Waals surface area (Å²) >= 11 is 0. The predicted molar refractivity (Wildman–Crippen MR) is 96.1 cm³/mol. The molecule has 1 N–H and O–H groups in total. The van der Waals surface area contributed by atoms with E-state index >= 15 is 0 Å². The number of aromatic amines is 1. The van der Waals surface area contributed by atoms with Crippen LogP contribution >= 0.6 is 0 Å². The summed E-state index contributed by atoms with van der Waals surface area (Å²) in [6.07, 6.45) is 2.18. The van der Waals surface area contributed by atoms with Gasteiger partial charge in [-0.05, 0) is 33.6 Å². The van der Waals surface area contributed by atoms with Crippen LogP contribution in [0.2, 0.25) is 0 Å². The van der Waals surface area contributed by atoms with Gasteiger partial charge in [0.15, 0.2) is 0 Å². The van der Waals surface area contributed by atoms with Crippen molar-refractivity contribution in [2.75, 3.05) is 43.2 Å². The standard InChI is InChI=1S/C18H29N3O3/c1-13-12-24-9-8-20(13)14-10-16(19-17(22)11-14)21-7-5-6-15(21)18(2,3)23-4/h10-11,13,15H,5-9,12H2,1-4H3,(H,19,22)/t13-,15?/m1/s1. The SMILES string of the molecule is COC(C)(C)C1CCCN1c1cc(N2CCOC[C@H]2C)cc(=O)[nH]1. The summed E-state index contributed by atoms with van der Waals surface area (Å²) in [7, 11) is 1.76. The highest BCUT2D eigenvalue weighted by molar-refractivity contribution is 5.57. The van der Waals surface area contributed by atoms with Gasteiger partial charge in [-0.25, -0.2) is 0 Å². The van der Waals surface area contributed by atoms with Crippen molar-refractivity contribution in [3.8, 4) is 0 Å². The van der Waals surface area contributed by atoms with Crippen LogP contribution in [0.5, 0.6) is 0 Å². The zero-order chi connectivity index (χ0) is 17.3. The van der Waals surface area contributed by atoms with Crippen LogP contribution < -0.4 is 15.4 Å². The number of anilines is 2. The lowest BCUT2D eigenvalue weighted by molar-refractivity contribution is 0.00178. The number of aromatic nitrogens is 1. The van der Waals surface area contributed by atoms with Crippen molar-refractivity contribution in [3.05, 3.63) is 22.5 Å². The fraction of sp³-hybridized carbons (Fsp3) is 0.722. The molecule has 0 spiro atoms. The summed E-state index contributed by atoms with van der Waals surface area (Å²) in [5.41, 5.74) is 0.669. The molecule has 1 aromatic rings. The first kappa shape index (κ1) is 17.3. The molecule has 2 fully saturated rings. The van der Waals surface area contributed by atoms with Crippen LogP contribution in [0.1, 0.15) is 33.6 Å². The Morgan fingerprint density at radius 3 is 2.79 bits per heavy atom. The molecule has 3 heterocycles. The monoisotopic (exact) mass is 335 g/mol. The average molecular weight is 335 g/mol. The van der Waals surface area contributed by atoms with Gasteiger partial charge in [0.25, 0.3) is 5.56 Å². The molecule has 0 aliphatic carbocycles. The third kappa shape index (κ3) is 3.30. The number of H-pyrrole nitrogens is 1. The molecule has 6 nitrogen and oxygen atoms in total. The van der Waals surface area contributed by atoms with E-state index in [1.54, 1.807) is 13.2 Å². The largest absolute Gasteiger partial charge is 0.377 e. The lowest BCUT2D eigenvalue weighted by Gasteiger charge is -2.39. The van der Waals surface area contributed by atoms with Crippen LogP contribution in [0.4, 0.5) is 11.5 Å². The highest BCUT2D eigenvalue weighted by Gasteiger charge is 2.38. The molecule has 2 saturated heterocycles. The fourth-order valence-corrected chi connectivity index (χ4v) is 3.86. The highest BCUT2D eigenvalue weighted by atomic mass is 16.5. The van der Waals surface area contributed by atoms with Crippen molar-refractivity contribution in [2.45, 2.75) is 51.3 Å². The minimum Gasteiger partial charge on any atom is -0.377 e. The third-order valence-electron chi connectivity index (χ3n) is 5.40. The second-order valence-electron chi connectivity index (χ2n) is 7.36. The van der Waals surface area contributed by atoms with Crippen LogP contribution in [0, 0.1) is 0 Å². The summed E-state index contributed by atoms with van der Waals surface area (Å²) in [4.78, 5) is 19.8. The summed E-state index contributed by atoms with van der Waals surface area (Å²) in [6.45, 7) is 9.52. The lowest BCUT2D eigenvalue weighted by atomic mass is 9.96. The highest BCUT2D eigenvalue weighted by Crippen LogP contribution is 2.33. The van der Waals surface area contributed by atoms with Gasteiger partial charge in [-0.3, -0.25) is 4.79 Å². The van der Waals surface area contributed by atoms with Gasteiger partial charge >= 0.3 is 0 Å². The first-order valence-corrected chi connectivity index (χ1v) is 8.83. The molecule has 2 atom stereocenters. The smallest absolute Gasteiger partial charge is 0.251 e. The number of hydrogen-bond donors (Lipinski definition) is 1. The Labute approximate surface area is 143 Å². The average Bonchev–Trinajstić information content (AvgIpc) is 3.05. The van der Waals surface area contributed by atoms with Gasteiger partial charge in [0.1, 0.15) is 5.82 Å². The predicted octanol–water partition coefficient (Wildman–Crippen LogP) is 1.99. The van der Waals surface area contributed by atoms with Crippen LogP contribution in [0.15, 0.2) is 16.9 Å². The van der Waals surface area contributed by atoms with E-state index in [-0.39, 0.29) is 23.2 Å². The van der Waals surface area contributed by atoms with E-state index in [2.05, 4.69) is 41.6 Å². The second kappa shape index (κ2) is 6.76. The van der Waals surface area contributed by atoms with Gasteiger partial charge in [0.2, 0.25) is 0 Å². The van der Waals surface area contributed by atoms with Crippen molar-refractivity contribution < 1.29 is 9.47 Å². The number of ether oxygens (including phenoxy) is 2. The molecule has 24 heavy (non-hydrogen) atoms. The van der Waals surface area contributed by atoms with Gasteiger partial charge in [0, 0.05) is 44.1 Å². The zero-order valence-electron chi connectivity index (χ0n) is 15.2. The van der Waals surface area contributed by atoms with Crippen LogP contribution in [-0.4, -0.2) is 56.1 Å². The first-order chi connectivity index (χ1) is 11.4. The van der Waals surface area contributed by atoms with Crippen LogP contribution in [-0.2, 0) is 9.47 Å². The zero-order valence-corrected chi connectivity index (χ0v) is 15.2. The molecule has 134 valence electrons. The maximum absolute atomic E-state index is 12.3. The quantitative estimate of drug-likeness (QED) is 0.912. The Morgan fingerprint density at radius 1 is 1.29 bits per heavy atom. The maximum atomic E-state index is 12.3. The molecule has 0 saturated carbocycles. The molecule has 0 aromatic carbocycles. The Balaban J connectivity index is 1.92. The van der Waals surface area contributed by atoms with Gasteiger partial charge in [-0.15, -0.1) is 0 Å². The maximum Gasteiger partial charge on any atom is 0.251 e. The Hall–Kier alpha value is -1.53. The summed E-state index contributed by atoms with van der Waals surface area (Å²) in [5.74, 6) is 0.892. The number of methoxy groups -OCH3 is 1. The summed E-state index contributed by atoms with van der Waals surface area (Å²) in [6, 6.07) is 4.33. The number of rotatable bonds is 4. The van der Waals surface area contributed by atoms with Gasteiger partial charge in [0.05, 0.1) is 24.9 Å². The van der Waals surface area contributed by atoms with Crippen LogP contribution in [0.3, 0.4) is 0 Å². The van der Waals surface area contributed by atoms with Crippen LogP contribution in [0.25, 0.3) is 0 Å². The Bertz CT molecular complexity index is 628. The molecular weight excluding hydrogens is 306 g/mol. The molecule has 2 aliphatic rings.